The van der Waals surface area contributed by atoms with E-state index in [1.165, 1.54) is 17.0 Å². The molecule has 8 nitrogen and oxygen atoms in total. The number of carbonyl (C=O) groups excluding carboxylic acids is 1. The van der Waals surface area contributed by atoms with Crippen LogP contribution in [0.5, 0.6) is 5.75 Å². The van der Waals surface area contributed by atoms with Crippen LogP contribution in [0.2, 0.25) is 0 Å². The van der Waals surface area contributed by atoms with Crippen molar-refractivity contribution in [1.82, 2.24) is 4.57 Å². The third kappa shape index (κ3) is 8.14. The number of amides is 1. The van der Waals surface area contributed by atoms with Crippen LogP contribution in [-0.2, 0) is 21.2 Å². The summed E-state index contributed by atoms with van der Waals surface area (Å²) < 4.78 is 68.0. The molecule has 2 aromatic carbocycles. The SMILES string of the molecule is CCC(=O)N(CC#Cc1cc2c(NC3CCC(C=[N+](C)C)CC3)cccc2n1CC(F)(F)F)c1ccc(S(C)(=O)=O)cc1O. The van der Waals surface area contributed by atoms with Crippen molar-refractivity contribution in [2.45, 2.75) is 62.7 Å². The number of phenolic OH excluding ortho intramolecular Hbond substituents is 1. The molecule has 236 valence electrons. The molecule has 1 aromatic heterocycles. The smallest absolute Gasteiger partial charge is 0.406 e. The van der Waals surface area contributed by atoms with Gasteiger partial charge in [-0.2, -0.15) is 13.2 Å². The molecule has 0 atom stereocenters. The highest BCUT2D eigenvalue weighted by atomic mass is 32.2. The average Bonchev–Trinajstić information content (AvgIpc) is 3.28. The fourth-order valence-corrected chi connectivity index (χ4v) is 6.23. The third-order valence-corrected chi connectivity index (χ3v) is 8.76. The Hall–Kier alpha value is -3.98. The van der Waals surface area contributed by atoms with Crippen molar-refractivity contribution >= 4 is 44.2 Å². The summed E-state index contributed by atoms with van der Waals surface area (Å²) in [5.41, 5.74) is 1.32. The second kappa shape index (κ2) is 13.3. The Labute approximate surface area is 256 Å². The van der Waals surface area contributed by atoms with E-state index < -0.39 is 34.2 Å². The molecule has 0 unspecified atom stereocenters. The highest BCUT2D eigenvalue weighted by Gasteiger charge is 2.30. The minimum Gasteiger partial charge on any atom is -0.506 e. The molecule has 3 aromatic rings. The maximum atomic E-state index is 13.7. The maximum Gasteiger partial charge on any atom is 0.406 e. The van der Waals surface area contributed by atoms with Crippen LogP contribution >= 0.6 is 0 Å². The van der Waals surface area contributed by atoms with E-state index in [0.717, 1.165) is 48.3 Å². The lowest BCUT2D eigenvalue weighted by Crippen LogP contribution is -2.30. The highest BCUT2D eigenvalue weighted by molar-refractivity contribution is 7.90. The van der Waals surface area contributed by atoms with Crippen molar-refractivity contribution < 1.29 is 36.1 Å². The van der Waals surface area contributed by atoms with Crippen LogP contribution in [0.4, 0.5) is 24.5 Å². The number of alkyl halides is 3. The van der Waals surface area contributed by atoms with Gasteiger partial charge in [-0.15, -0.1) is 0 Å². The van der Waals surface area contributed by atoms with Gasteiger partial charge in [0, 0.05) is 41.8 Å². The fourth-order valence-electron chi connectivity index (χ4n) is 5.59. The molecule has 1 saturated carbocycles. The van der Waals surface area contributed by atoms with Gasteiger partial charge < -0.3 is 15.0 Å². The lowest BCUT2D eigenvalue weighted by Gasteiger charge is -2.27. The first-order valence-electron chi connectivity index (χ1n) is 14.5. The molecule has 0 radical (unpaired) electrons. The number of hydrogen-bond acceptors (Lipinski definition) is 5. The summed E-state index contributed by atoms with van der Waals surface area (Å²) in [6, 6.07) is 10.7. The standard InChI is InChI=1S/C32H37F3N4O4S/c1-5-31(41)38(29-16-15-25(19-30(29)40)44(4,42)43)17-7-8-24-18-26-27(9-6-10-28(26)39(24)21-32(33,34)35)36-23-13-11-22(12-14-23)20-37(2)3/h6,9-10,15-16,18-20,22-23,36H,5,11-14,17,21H2,1-4H3/p+1. The van der Waals surface area contributed by atoms with Gasteiger partial charge in [-0.05, 0) is 61.9 Å². The zero-order valence-corrected chi connectivity index (χ0v) is 26.1. The summed E-state index contributed by atoms with van der Waals surface area (Å²) in [5.74, 6) is 5.31. The van der Waals surface area contributed by atoms with Gasteiger partial charge in [-0.25, -0.2) is 13.0 Å². The van der Waals surface area contributed by atoms with Gasteiger partial charge in [-0.1, -0.05) is 18.9 Å². The Morgan fingerprint density at radius 3 is 2.45 bits per heavy atom. The average molecular weight is 632 g/mol. The predicted molar refractivity (Wildman–Crippen MR) is 166 cm³/mol. The van der Waals surface area contributed by atoms with Crippen LogP contribution in [0.3, 0.4) is 0 Å². The van der Waals surface area contributed by atoms with Crippen molar-refractivity contribution in [3.63, 3.8) is 0 Å². The second-order valence-electron chi connectivity index (χ2n) is 11.4. The predicted octanol–water partition coefficient (Wildman–Crippen LogP) is 5.42. The first-order valence-corrected chi connectivity index (χ1v) is 16.3. The van der Waals surface area contributed by atoms with Crippen LogP contribution in [0.25, 0.3) is 10.9 Å². The number of benzene rings is 2. The van der Waals surface area contributed by atoms with E-state index >= 15 is 0 Å². The summed E-state index contributed by atoms with van der Waals surface area (Å²) in [5, 5.41) is 14.7. The number of carbonyl (C=O) groups is 1. The van der Waals surface area contributed by atoms with E-state index in [0.29, 0.717) is 16.8 Å². The molecular weight excluding hydrogens is 593 g/mol. The van der Waals surface area contributed by atoms with Gasteiger partial charge in [0.05, 0.1) is 28.3 Å². The molecule has 12 heteroatoms. The number of phenols is 1. The van der Waals surface area contributed by atoms with Crippen LogP contribution < -0.4 is 10.2 Å². The van der Waals surface area contributed by atoms with Crippen molar-refractivity contribution in [1.29, 1.82) is 0 Å². The van der Waals surface area contributed by atoms with E-state index in [-0.39, 0.29) is 35.3 Å². The summed E-state index contributed by atoms with van der Waals surface area (Å²) in [7, 11) is 0.431. The molecule has 1 amide bonds. The van der Waals surface area contributed by atoms with Crippen molar-refractivity contribution in [2.24, 2.45) is 5.92 Å². The lowest BCUT2D eigenvalue weighted by molar-refractivity contribution is -0.462. The molecule has 0 aliphatic heterocycles. The fraction of sp³-hybridized carbons (Fsp3) is 0.438. The minimum absolute atomic E-state index is 0.0544. The molecule has 0 spiro atoms. The summed E-state index contributed by atoms with van der Waals surface area (Å²) in [6.07, 6.45) is 2.73. The number of sulfone groups is 1. The molecule has 1 aliphatic carbocycles. The highest BCUT2D eigenvalue weighted by Crippen LogP contribution is 2.33. The Morgan fingerprint density at radius 1 is 1.16 bits per heavy atom. The number of nitrogens with one attached hydrogen (secondary N) is 1. The number of anilines is 2. The topological polar surface area (TPSA) is 94.7 Å². The first-order chi connectivity index (χ1) is 20.7. The van der Waals surface area contributed by atoms with Gasteiger partial charge in [-0.3, -0.25) is 9.69 Å². The molecule has 1 heterocycles. The molecule has 2 N–H and O–H groups in total. The zero-order valence-electron chi connectivity index (χ0n) is 25.3. The van der Waals surface area contributed by atoms with E-state index in [4.69, 9.17) is 0 Å². The first kappa shape index (κ1) is 32.9. The Morgan fingerprint density at radius 2 is 1.86 bits per heavy atom. The Kier molecular flexibility index (Phi) is 9.98. The monoisotopic (exact) mass is 631 g/mol. The molecular formula is C32H38F3N4O4S+. The summed E-state index contributed by atoms with van der Waals surface area (Å²) >= 11 is 0. The van der Waals surface area contributed by atoms with E-state index in [9.17, 15) is 31.5 Å². The molecule has 1 aliphatic rings. The zero-order chi connectivity index (χ0) is 32.2. The number of halogens is 3. The van der Waals surface area contributed by atoms with Gasteiger partial charge >= 0.3 is 6.18 Å². The minimum atomic E-state index is -4.50. The molecule has 0 bridgehead atoms. The van der Waals surface area contributed by atoms with Crippen molar-refractivity contribution in [2.75, 3.05) is 37.1 Å². The van der Waals surface area contributed by atoms with Gasteiger partial charge in [0.15, 0.2) is 9.84 Å². The van der Waals surface area contributed by atoms with E-state index in [1.807, 2.05) is 20.2 Å². The van der Waals surface area contributed by atoms with Gasteiger partial charge in [0.1, 0.15) is 32.6 Å². The summed E-state index contributed by atoms with van der Waals surface area (Å²) in [4.78, 5) is 13.8. The quantitative estimate of drug-likeness (QED) is 0.197. The van der Waals surface area contributed by atoms with Crippen molar-refractivity contribution in [3.05, 3.63) is 48.2 Å². The number of aromatic hydroxyl groups is 1. The summed E-state index contributed by atoms with van der Waals surface area (Å²) in [6.45, 7) is 0.151. The largest absolute Gasteiger partial charge is 0.506 e. The van der Waals surface area contributed by atoms with Gasteiger partial charge in [0.25, 0.3) is 0 Å². The maximum absolute atomic E-state index is 13.7. The van der Waals surface area contributed by atoms with Crippen LogP contribution in [0.1, 0.15) is 44.7 Å². The van der Waals surface area contributed by atoms with Gasteiger partial charge in [0.2, 0.25) is 5.91 Å². The Balaban J connectivity index is 1.65. The van der Waals surface area contributed by atoms with Crippen LogP contribution in [-0.4, -0.2) is 73.9 Å². The Bertz CT molecular complexity index is 1720. The van der Waals surface area contributed by atoms with E-state index in [1.54, 1.807) is 25.1 Å². The number of nitrogens with zero attached hydrogens (tertiary/aromatic N) is 3. The number of fused-ring (bicyclic) bond motifs is 1. The molecule has 0 saturated heterocycles. The number of hydrogen-bond donors (Lipinski definition) is 2. The molecule has 1 fully saturated rings. The third-order valence-electron chi connectivity index (χ3n) is 7.65. The van der Waals surface area contributed by atoms with Crippen molar-refractivity contribution in [3.8, 4) is 17.6 Å². The van der Waals surface area contributed by atoms with E-state index in [2.05, 4.69) is 27.9 Å². The molecule has 44 heavy (non-hydrogen) atoms. The van der Waals surface area contributed by atoms with Crippen LogP contribution in [0.15, 0.2) is 47.4 Å². The lowest BCUT2D eigenvalue weighted by atomic mass is 9.86. The number of aromatic nitrogens is 1. The second-order valence-corrected chi connectivity index (χ2v) is 13.4. The number of rotatable bonds is 8. The van der Waals surface area contributed by atoms with Crippen LogP contribution in [0, 0.1) is 17.8 Å². The molecule has 4 rings (SSSR count). The normalized spacial score (nSPS) is 17.1.